The van der Waals surface area contributed by atoms with E-state index in [-0.39, 0.29) is 0 Å². The maximum Gasteiger partial charge on any atom is 0.0734 e. The Hall–Kier alpha value is -1.42. The van der Waals surface area contributed by atoms with Crippen LogP contribution in [-0.4, -0.2) is 29.5 Å². The molecule has 0 aliphatic heterocycles. The zero-order chi connectivity index (χ0) is 11.7. The van der Waals surface area contributed by atoms with Gasteiger partial charge in [-0.3, -0.25) is 9.19 Å². The van der Waals surface area contributed by atoms with Gasteiger partial charge in [0.05, 0.1) is 5.52 Å². The molecule has 2 rings (SSSR count). The average molecular weight is 234 g/mol. The molecule has 3 nitrogen and oxygen atoms in total. The number of rotatable bonds is 2. The smallest absolute Gasteiger partial charge is 0.0734 e. The van der Waals surface area contributed by atoms with E-state index in [4.69, 9.17) is 0 Å². The fourth-order valence-electron chi connectivity index (χ4n) is 1.68. The first-order chi connectivity index (χ1) is 7.59. The number of fused-ring (bicyclic) bond motifs is 1. The lowest BCUT2D eigenvalue weighted by Crippen LogP contribution is -2.09. The molecule has 0 aliphatic rings. The van der Waals surface area contributed by atoms with Gasteiger partial charge in [-0.1, -0.05) is 0 Å². The lowest BCUT2D eigenvalue weighted by Gasteiger charge is -2.14. The lowest BCUT2D eigenvalue weighted by molar-refractivity contribution is 0.687. The minimum Gasteiger partial charge on any atom is -0.377 e. The number of hydrogen-bond donors (Lipinski definition) is 0. The molecule has 0 N–H and O–H groups in total. The van der Waals surface area contributed by atoms with Gasteiger partial charge >= 0.3 is 0 Å². The van der Waals surface area contributed by atoms with Crippen LogP contribution < -0.4 is 4.90 Å². The number of anilines is 1. The second-order valence-corrected chi connectivity index (χ2v) is 5.24. The first kappa shape index (κ1) is 11.1. The van der Waals surface area contributed by atoms with Crippen molar-refractivity contribution < 1.29 is 4.21 Å². The van der Waals surface area contributed by atoms with E-state index in [0.29, 0.717) is 0 Å². The van der Waals surface area contributed by atoms with Gasteiger partial charge in [-0.15, -0.1) is 0 Å². The maximum atomic E-state index is 11.4. The summed E-state index contributed by atoms with van der Waals surface area (Å²) in [5.41, 5.74) is 2.01. The van der Waals surface area contributed by atoms with Gasteiger partial charge in [0.1, 0.15) is 0 Å². The van der Waals surface area contributed by atoms with Crippen molar-refractivity contribution in [1.29, 1.82) is 0 Å². The Morgan fingerprint density at radius 2 is 2.00 bits per heavy atom. The molecule has 16 heavy (non-hydrogen) atoms. The van der Waals surface area contributed by atoms with Gasteiger partial charge in [0.2, 0.25) is 0 Å². The van der Waals surface area contributed by atoms with Crippen LogP contribution in [-0.2, 0) is 10.8 Å². The molecule has 1 atom stereocenters. The predicted molar refractivity (Wildman–Crippen MR) is 68.4 cm³/mol. The Kier molecular flexibility index (Phi) is 2.92. The molecule has 0 radical (unpaired) electrons. The van der Waals surface area contributed by atoms with E-state index in [2.05, 4.69) is 4.98 Å². The third-order valence-electron chi connectivity index (χ3n) is 2.50. The SMILES string of the molecule is CN(C)c1ccnc2cc(S(C)=O)ccc12. The fourth-order valence-corrected chi connectivity index (χ4v) is 2.22. The highest BCUT2D eigenvalue weighted by Gasteiger charge is 2.05. The standard InChI is InChI=1S/C12H14N2OS/c1-14(2)12-6-7-13-11-8-9(16(3)15)4-5-10(11)12/h4-8H,1-3H3. The number of aromatic nitrogens is 1. The normalized spacial score (nSPS) is 12.7. The summed E-state index contributed by atoms with van der Waals surface area (Å²) in [6.07, 6.45) is 3.46. The van der Waals surface area contributed by atoms with Crippen molar-refractivity contribution in [3.63, 3.8) is 0 Å². The fraction of sp³-hybridized carbons (Fsp3) is 0.250. The van der Waals surface area contributed by atoms with Gasteiger partial charge < -0.3 is 4.90 Å². The molecule has 1 aromatic heterocycles. The Bertz CT molecular complexity index is 552. The van der Waals surface area contributed by atoms with Gasteiger partial charge in [-0.25, -0.2) is 0 Å². The summed E-state index contributed by atoms with van der Waals surface area (Å²) in [7, 11) is 3.05. The van der Waals surface area contributed by atoms with Crippen molar-refractivity contribution in [2.24, 2.45) is 0 Å². The Morgan fingerprint density at radius 1 is 1.25 bits per heavy atom. The topological polar surface area (TPSA) is 33.2 Å². The molecule has 1 unspecified atom stereocenters. The van der Waals surface area contributed by atoms with E-state index >= 15 is 0 Å². The molecule has 2 aromatic rings. The van der Waals surface area contributed by atoms with E-state index in [1.807, 2.05) is 43.3 Å². The molecule has 84 valence electrons. The maximum absolute atomic E-state index is 11.4. The van der Waals surface area contributed by atoms with Crippen molar-refractivity contribution in [3.05, 3.63) is 30.5 Å². The number of nitrogens with zero attached hydrogens (tertiary/aromatic N) is 2. The molecule has 0 bridgehead atoms. The summed E-state index contributed by atoms with van der Waals surface area (Å²) in [4.78, 5) is 7.17. The van der Waals surface area contributed by atoms with E-state index in [9.17, 15) is 4.21 Å². The van der Waals surface area contributed by atoms with Crippen molar-refractivity contribution in [2.75, 3.05) is 25.3 Å². The van der Waals surface area contributed by atoms with Crippen LogP contribution in [0.4, 0.5) is 5.69 Å². The van der Waals surface area contributed by atoms with Gasteiger partial charge in [0, 0.05) is 53.3 Å². The van der Waals surface area contributed by atoms with E-state index < -0.39 is 10.8 Å². The Balaban J connectivity index is 2.68. The van der Waals surface area contributed by atoms with Gasteiger partial charge in [-0.2, -0.15) is 0 Å². The molecule has 0 amide bonds. The quantitative estimate of drug-likeness (QED) is 0.797. The summed E-state index contributed by atoms with van der Waals surface area (Å²) in [5.74, 6) is 0. The van der Waals surface area contributed by atoms with Crippen molar-refractivity contribution >= 4 is 27.4 Å². The Morgan fingerprint density at radius 3 is 2.62 bits per heavy atom. The number of benzene rings is 1. The second-order valence-electron chi connectivity index (χ2n) is 3.86. The highest BCUT2D eigenvalue weighted by Crippen LogP contribution is 2.25. The third-order valence-corrected chi connectivity index (χ3v) is 3.42. The van der Waals surface area contributed by atoms with Gasteiger partial charge in [0.15, 0.2) is 0 Å². The molecule has 4 heteroatoms. The molecule has 0 aliphatic carbocycles. The molecular weight excluding hydrogens is 220 g/mol. The Labute approximate surface area is 97.6 Å². The monoisotopic (exact) mass is 234 g/mol. The number of pyridine rings is 1. The second kappa shape index (κ2) is 4.22. The van der Waals surface area contributed by atoms with Crippen molar-refractivity contribution in [1.82, 2.24) is 4.98 Å². The largest absolute Gasteiger partial charge is 0.377 e. The predicted octanol–water partition coefficient (Wildman–Crippen LogP) is 2.04. The van der Waals surface area contributed by atoms with Crippen LogP contribution >= 0.6 is 0 Å². The molecule has 0 saturated heterocycles. The lowest BCUT2D eigenvalue weighted by atomic mass is 10.2. The summed E-state index contributed by atoms with van der Waals surface area (Å²) >= 11 is 0. The van der Waals surface area contributed by atoms with Gasteiger partial charge in [-0.05, 0) is 24.3 Å². The van der Waals surface area contributed by atoms with Crippen LogP contribution in [0.15, 0.2) is 35.4 Å². The van der Waals surface area contributed by atoms with Crippen molar-refractivity contribution in [2.45, 2.75) is 4.90 Å². The zero-order valence-corrected chi connectivity index (χ0v) is 10.4. The third kappa shape index (κ3) is 1.93. The highest BCUT2D eigenvalue weighted by atomic mass is 32.2. The summed E-state index contributed by atoms with van der Waals surface area (Å²) < 4.78 is 11.4. The molecule has 1 heterocycles. The molecule has 0 fully saturated rings. The zero-order valence-electron chi connectivity index (χ0n) is 9.60. The van der Waals surface area contributed by atoms with Gasteiger partial charge in [0.25, 0.3) is 0 Å². The van der Waals surface area contributed by atoms with Crippen LogP contribution in [0, 0.1) is 0 Å². The molecule has 1 aromatic carbocycles. The first-order valence-electron chi connectivity index (χ1n) is 4.99. The van der Waals surface area contributed by atoms with Crippen LogP contribution in [0.1, 0.15) is 0 Å². The highest BCUT2D eigenvalue weighted by molar-refractivity contribution is 7.84. The van der Waals surface area contributed by atoms with Crippen LogP contribution in [0.25, 0.3) is 10.9 Å². The molecule has 0 spiro atoms. The van der Waals surface area contributed by atoms with E-state index in [1.165, 1.54) is 0 Å². The summed E-state index contributed by atoms with van der Waals surface area (Å²) in [5, 5.41) is 1.08. The van der Waals surface area contributed by atoms with E-state index in [1.54, 1.807) is 12.5 Å². The molecular formula is C12H14N2OS. The molecule has 0 saturated carbocycles. The summed E-state index contributed by atoms with van der Waals surface area (Å²) in [6.45, 7) is 0. The number of hydrogen-bond acceptors (Lipinski definition) is 3. The first-order valence-corrected chi connectivity index (χ1v) is 6.55. The van der Waals surface area contributed by atoms with Crippen LogP contribution in [0.5, 0.6) is 0 Å². The minimum atomic E-state index is -0.956. The summed E-state index contributed by atoms with van der Waals surface area (Å²) in [6, 6.07) is 7.74. The van der Waals surface area contributed by atoms with Crippen molar-refractivity contribution in [3.8, 4) is 0 Å². The average Bonchev–Trinajstić information content (AvgIpc) is 2.27. The minimum absolute atomic E-state index is 0.816. The van der Waals surface area contributed by atoms with Crippen LogP contribution in [0.3, 0.4) is 0 Å². The van der Waals surface area contributed by atoms with E-state index in [0.717, 1.165) is 21.5 Å². The van der Waals surface area contributed by atoms with Crippen LogP contribution in [0.2, 0.25) is 0 Å².